The van der Waals surface area contributed by atoms with Crippen molar-refractivity contribution in [1.29, 1.82) is 0 Å². The van der Waals surface area contributed by atoms with Crippen molar-refractivity contribution in [1.82, 2.24) is 10.3 Å². The van der Waals surface area contributed by atoms with Gasteiger partial charge in [0.25, 0.3) is 0 Å². The summed E-state index contributed by atoms with van der Waals surface area (Å²) in [4.78, 5) is 27.7. The lowest BCUT2D eigenvalue weighted by atomic mass is 10.0. The Kier molecular flexibility index (Phi) is 7.46. The zero-order chi connectivity index (χ0) is 19.2. The summed E-state index contributed by atoms with van der Waals surface area (Å²) in [6.45, 7) is 5.59. The third kappa shape index (κ3) is 5.20. The summed E-state index contributed by atoms with van der Waals surface area (Å²) in [6.07, 6.45) is 4.63. The van der Waals surface area contributed by atoms with Gasteiger partial charge in [-0.25, -0.2) is 4.98 Å². The Hall–Kier alpha value is -1.60. The van der Waals surface area contributed by atoms with Crippen LogP contribution in [0.4, 0.5) is 0 Å². The van der Waals surface area contributed by atoms with Gasteiger partial charge in [0, 0.05) is 0 Å². The third-order valence-electron chi connectivity index (χ3n) is 4.43. The van der Waals surface area contributed by atoms with E-state index in [2.05, 4.69) is 17.2 Å². The van der Waals surface area contributed by atoms with E-state index >= 15 is 0 Å². The van der Waals surface area contributed by atoms with Crippen molar-refractivity contribution in [3.8, 4) is 0 Å². The quantitative estimate of drug-likeness (QED) is 0.259. The van der Waals surface area contributed by atoms with E-state index in [0.29, 0.717) is 6.42 Å². The second-order valence-electron chi connectivity index (χ2n) is 6.40. The molecule has 142 valence electrons. The van der Waals surface area contributed by atoms with Crippen LogP contribution in [-0.4, -0.2) is 26.8 Å². The molecule has 0 radical (unpaired) electrons. The molecule has 2 unspecified atom stereocenters. The predicted molar refractivity (Wildman–Crippen MR) is 108 cm³/mol. The van der Waals surface area contributed by atoms with E-state index in [1.54, 1.807) is 23.1 Å². The first-order chi connectivity index (χ1) is 12.4. The van der Waals surface area contributed by atoms with E-state index in [9.17, 15) is 9.59 Å². The van der Waals surface area contributed by atoms with Crippen molar-refractivity contribution in [2.24, 2.45) is 5.92 Å². The number of carboxylic acids is 1. The number of nitrogens with one attached hydrogen (secondary N) is 1. The number of nitrogens with zero attached hydrogens (tertiary/aromatic N) is 1. The van der Waals surface area contributed by atoms with Crippen LogP contribution >= 0.6 is 23.1 Å². The SMILES string of the molecule is CCCCCC(CC)(NC(=O)C(C)C(=O)O)Sc1nc2ccccc2s1. The Balaban J connectivity index is 2.25. The number of para-hydroxylation sites is 1. The Morgan fingerprint density at radius 3 is 2.65 bits per heavy atom. The van der Waals surface area contributed by atoms with Crippen LogP contribution in [0.25, 0.3) is 10.2 Å². The maximum Gasteiger partial charge on any atom is 0.315 e. The molecule has 0 aliphatic heterocycles. The molecule has 7 heteroatoms. The number of benzene rings is 1. The number of hydrogen-bond donors (Lipinski definition) is 2. The van der Waals surface area contributed by atoms with Crippen molar-refractivity contribution in [3.63, 3.8) is 0 Å². The van der Waals surface area contributed by atoms with E-state index in [0.717, 1.165) is 40.2 Å². The van der Waals surface area contributed by atoms with E-state index in [1.165, 1.54) is 6.92 Å². The number of thioether (sulfide) groups is 1. The summed E-state index contributed by atoms with van der Waals surface area (Å²) in [5, 5.41) is 12.2. The van der Waals surface area contributed by atoms with Gasteiger partial charge < -0.3 is 10.4 Å². The number of amides is 1. The average molecular weight is 395 g/mol. The second-order valence-corrected chi connectivity index (χ2v) is 9.07. The van der Waals surface area contributed by atoms with Gasteiger partial charge in [-0.05, 0) is 31.9 Å². The smallest absolute Gasteiger partial charge is 0.315 e. The van der Waals surface area contributed by atoms with Crippen LogP contribution in [0.5, 0.6) is 0 Å². The maximum absolute atomic E-state index is 12.4. The molecule has 1 heterocycles. The average Bonchev–Trinajstić information content (AvgIpc) is 3.02. The van der Waals surface area contributed by atoms with E-state index < -0.39 is 22.7 Å². The summed E-state index contributed by atoms with van der Waals surface area (Å²) in [7, 11) is 0. The number of thiazole rings is 1. The van der Waals surface area contributed by atoms with Crippen molar-refractivity contribution in [2.75, 3.05) is 0 Å². The van der Waals surface area contributed by atoms with E-state index in [-0.39, 0.29) is 0 Å². The van der Waals surface area contributed by atoms with Crippen LogP contribution in [0.3, 0.4) is 0 Å². The van der Waals surface area contributed by atoms with Crippen molar-refractivity contribution >= 4 is 45.2 Å². The number of carbonyl (C=O) groups excluding carboxylic acids is 1. The van der Waals surface area contributed by atoms with Gasteiger partial charge in [0.05, 0.1) is 15.1 Å². The zero-order valence-electron chi connectivity index (χ0n) is 15.4. The van der Waals surface area contributed by atoms with Crippen LogP contribution in [0.2, 0.25) is 0 Å². The first-order valence-corrected chi connectivity index (χ1v) is 10.6. The molecule has 1 aromatic heterocycles. The lowest BCUT2D eigenvalue weighted by molar-refractivity contribution is -0.146. The number of fused-ring (bicyclic) bond motifs is 1. The van der Waals surface area contributed by atoms with Crippen molar-refractivity contribution in [3.05, 3.63) is 24.3 Å². The molecule has 1 amide bonds. The lowest BCUT2D eigenvalue weighted by Crippen LogP contribution is -2.48. The van der Waals surface area contributed by atoms with Gasteiger partial charge >= 0.3 is 5.97 Å². The second kappa shape index (κ2) is 9.37. The largest absolute Gasteiger partial charge is 0.481 e. The standard InChI is InChI=1S/C19H26N2O3S2/c1-4-6-9-12-19(5-2,21-16(22)13(3)17(23)24)26-18-20-14-10-7-8-11-15(14)25-18/h7-8,10-11,13H,4-6,9,12H2,1-3H3,(H,21,22)(H,23,24). The molecule has 0 aliphatic rings. The predicted octanol–water partition coefficient (Wildman–Crippen LogP) is 4.91. The molecule has 0 saturated heterocycles. The number of unbranched alkanes of at least 4 members (excludes halogenated alkanes) is 2. The third-order valence-corrected chi connectivity index (χ3v) is 7.01. The molecule has 0 bridgehead atoms. The Bertz CT molecular complexity index is 729. The molecular formula is C19H26N2O3S2. The number of aliphatic carboxylic acids is 1. The van der Waals surface area contributed by atoms with Gasteiger partial charge in [0.1, 0.15) is 5.92 Å². The molecule has 0 spiro atoms. The van der Waals surface area contributed by atoms with Gasteiger partial charge in [0.2, 0.25) is 5.91 Å². The maximum atomic E-state index is 12.4. The van der Waals surface area contributed by atoms with Gasteiger partial charge in [-0.15, -0.1) is 11.3 Å². The van der Waals surface area contributed by atoms with Crippen LogP contribution in [0, 0.1) is 5.92 Å². The molecule has 2 N–H and O–H groups in total. The number of hydrogen-bond acceptors (Lipinski definition) is 5. The van der Waals surface area contributed by atoms with Gasteiger partial charge in [-0.2, -0.15) is 0 Å². The van der Waals surface area contributed by atoms with Gasteiger partial charge in [0.15, 0.2) is 4.34 Å². The summed E-state index contributed by atoms with van der Waals surface area (Å²) in [5.74, 6) is -2.61. The first-order valence-electron chi connectivity index (χ1n) is 9.00. The van der Waals surface area contributed by atoms with Crippen LogP contribution in [0.15, 0.2) is 28.6 Å². The minimum atomic E-state index is -1.11. The highest BCUT2D eigenvalue weighted by molar-refractivity contribution is 8.02. The highest BCUT2D eigenvalue weighted by atomic mass is 32.2. The fourth-order valence-corrected chi connectivity index (χ4v) is 5.28. The first kappa shape index (κ1) is 20.7. The van der Waals surface area contributed by atoms with E-state index in [4.69, 9.17) is 5.11 Å². The Morgan fingerprint density at radius 1 is 1.31 bits per heavy atom. The van der Waals surface area contributed by atoms with Crippen LogP contribution < -0.4 is 5.32 Å². The summed E-state index contributed by atoms with van der Waals surface area (Å²) in [5.41, 5.74) is 0.948. The lowest BCUT2D eigenvalue weighted by Gasteiger charge is -2.33. The highest BCUT2D eigenvalue weighted by Gasteiger charge is 2.35. The molecule has 0 aliphatic carbocycles. The zero-order valence-corrected chi connectivity index (χ0v) is 17.1. The Morgan fingerprint density at radius 2 is 2.04 bits per heavy atom. The molecular weight excluding hydrogens is 368 g/mol. The normalized spacial score (nSPS) is 14.7. The van der Waals surface area contributed by atoms with Gasteiger partial charge in [-0.3, -0.25) is 9.59 Å². The number of carbonyl (C=O) groups is 2. The number of aromatic nitrogens is 1. The van der Waals surface area contributed by atoms with Crippen molar-refractivity contribution in [2.45, 2.75) is 62.1 Å². The molecule has 2 aromatic rings. The molecule has 0 saturated carbocycles. The summed E-state index contributed by atoms with van der Waals surface area (Å²) in [6, 6.07) is 7.96. The van der Waals surface area contributed by atoms with Crippen LogP contribution in [0.1, 0.15) is 52.9 Å². The fourth-order valence-electron chi connectivity index (χ4n) is 2.64. The molecule has 26 heavy (non-hydrogen) atoms. The van der Waals surface area contributed by atoms with Gasteiger partial charge in [-0.1, -0.05) is 57.0 Å². The summed E-state index contributed by atoms with van der Waals surface area (Å²) >= 11 is 3.16. The minimum Gasteiger partial charge on any atom is -0.481 e. The fraction of sp³-hybridized carbons (Fsp3) is 0.526. The monoisotopic (exact) mass is 394 g/mol. The topological polar surface area (TPSA) is 79.3 Å². The highest BCUT2D eigenvalue weighted by Crippen LogP contribution is 2.41. The van der Waals surface area contributed by atoms with Crippen molar-refractivity contribution < 1.29 is 14.7 Å². The number of carboxylic acid groups (broad SMARTS) is 1. The molecule has 0 fully saturated rings. The minimum absolute atomic E-state index is 0.440. The summed E-state index contributed by atoms with van der Waals surface area (Å²) < 4.78 is 2.01. The molecule has 1 aromatic carbocycles. The molecule has 2 atom stereocenters. The van der Waals surface area contributed by atoms with E-state index in [1.807, 2.05) is 31.2 Å². The molecule has 5 nitrogen and oxygen atoms in total. The number of rotatable bonds is 10. The molecule has 2 rings (SSSR count). The van der Waals surface area contributed by atoms with Crippen LogP contribution in [-0.2, 0) is 9.59 Å². The Labute approximate surface area is 162 Å².